The summed E-state index contributed by atoms with van der Waals surface area (Å²) in [6.45, 7) is 5.54. The largest absolute Gasteiger partial charge is 0.354 e. The fourth-order valence-electron chi connectivity index (χ4n) is 6.95. The maximum absolute atomic E-state index is 13.0. The molecule has 0 heterocycles. The number of rotatable bonds is 3. The number of nitrogens with one attached hydrogen (secondary N) is 1. The van der Waals surface area contributed by atoms with Gasteiger partial charge in [-0.25, -0.2) is 0 Å². The van der Waals surface area contributed by atoms with Gasteiger partial charge in [-0.1, -0.05) is 13.8 Å². The topological polar surface area (TPSA) is 55.1 Å². The summed E-state index contributed by atoms with van der Waals surface area (Å²) in [6.07, 6.45) is 10.7. The molecule has 0 aromatic rings. The average molecular weight is 290 g/mol. The number of hydrogen-bond donors (Lipinski definition) is 2. The number of carbonyl (C=O) groups excluding carboxylic acids is 1. The van der Waals surface area contributed by atoms with Crippen molar-refractivity contribution in [3.05, 3.63) is 0 Å². The van der Waals surface area contributed by atoms with Crippen molar-refractivity contribution in [3.63, 3.8) is 0 Å². The maximum Gasteiger partial charge on any atom is 0.226 e. The third-order valence-corrected chi connectivity index (χ3v) is 7.06. The van der Waals surface area contributed by atoms with E-state index in [1.54, 1.807) is 0 Å². The molecule has 5 aliphatic rings. The Bertz CT molecular complexity index is 464. The minimum atomic E-state index is -0.105. The van der Waals surface area contributed by atoms with Gasteiger partial charge in [0.25, 0.3) is 0 Å². The molecule has 5 rings (SSSR count). The molecule has 0 aromatic carbocycles. The van der Waals surface area contributed by atoms with E-state index in [4.69, 9.17) is 5.73 Å². The smallest absolute Gasteiger partial charge is 0.226 e. The first-order valence-corrected chi connectivity index (χ1v) is 8.81. The van der Waals surface area contributed by atoms with E-state index in [2.05, 4.69) is 19.2 Å². The highest BCUT2D eigenvalue weighted by molar-refractivity contribution is 5.83. The summed E-state index contributed by atoms with van der Waals surface area (Å²) in [4.78, 5) is 13.0. The minimum absolute atomic E-state index is 0.0803. The van der Waals surface area contributed by atoms with Crippen LogP contribution in [-0.4, -0.2) is 18.0 Å². The molecule has 0 saturated heterocycles. The molecular weight excluding hydrogens is 260 g/mol. The van der Waals surface area contributed by atoms with Gasteiger partial charge in [0.15, 0.2) is 0 Å². The molecule has 5 saturated carbocycles. The van der Waals surface area contributed by atoms with Gasteiger partial charge < -0.3 is 11.1 Å². The van der Waals surface area contributed by atoms with Crippen LogP contribution in [0.4, 0.5) is 0 Å². The Morgan fingerprint density at radius 2 is 1.71 bits per heavy atom. The zero-order valence-corrected chi connectivity index (χ0v) is 13.6. The molecule has 2 unspecified atom stereocenters. The van der Waals surface area contributed by atoms with Gasteiger partial charge in [0, 0.05) is 12.1 Å². The van der Waals surface area contributed by atoms with Crippen LogP contribution >= 0.6 is 0 Å². The van der Waals surface area contributed by atoms with Crippen molar-refractivity contribution in [2.75, 3.05) is 6.54 Å². The van der Waals surface area contributed by atoms with Crippen molar-refractivity contribution in [3.8, 4) is 0 Å². The second-order valence-corrected chi connectivity index (χ2v) is 9.81. The van der Waals surface area contributed by atoms with E-state index in [1.807, 2.05) is 0 Å². The molecular formula is C18H30N2O. The highest BCUT2D eigenvalue weighted by Crippen LogP contribution is 2.69. The summed E-state index contributed by atoms with van der Waals surface area (Å²) in [5.74, 6) is 1.10. The summed E-state index contributed by atoms with van der Waals surface area (Å²) in [5.41, 5.74) is 6.90. The third kappa shape index (κ3) is 2.15. The monoisotopic (exact) mass is 290 g/mol. The van der Waals surface area contributed by atoms with Crippen LogP contribution in [0, 0.1) is 22.2 Å². The van der Waals surface area contributed by atoms with Crippen LogP contribution in [0.15, 0.2) is 0 Å². The lowest BCUT2D eigenvalue weighted by molar-refractivity contribution is -0.170. The first-order valence-electron chi connectivity index (χ1n) is 8.81. The highest BCUT2D eigenvalue weighted by atomic mass is 16.2. The van der Waals surface area contributed by atoms with Gasteiger partial charge in [-0.05, 0) is 74.5 Å². The van der Waals surface area contributed by atoms with Gasteiger partial charge >= 0.3 is 0 Å². The average Bonchev–Trinajstić information content (AvgIpc) is 2.29. The van der Waals surface area contributed by atoms with E-state index in [9.17, 15) is 4.79 Å². The van der Waals surface area contributed by atoms with Crippen LogP contribution < -0.4 is 11.1 Å². The van der Waals surface area contributed by atoms with Gasteiger partial charge in [-0.2, -0.15) is 0 Å². The maximum atomic E-state index is 13.0. The molecule has 3 heteroatoms. The summed E-state index contributed by atoms with van der Waals surface area (Å²) >= 11 is 0. The highest BCUT2D eigenvalue weighted by Gasteiger charge is 2.62. The van der Waals surface area contributed by atoms with E-state index >= 15 is 0 Å². The molecule has 0 spiro atoms. The van der Waals surface area contributed by atoms with Crippen LogP contribution in [0.3, 0.4) is 0 Å². The van der Waals surface area contributed by atoms with Crippen molar-refractivity contribution >= 4 is 5.91 Å². The van der Waals surface area contributed by atoms with Crippen molar-refractivity contribution in [1.29, 1.82) is 0 Å². The lowest BCUT2D eigenvalue weighted by Crippen LogP contribution is -2.62. The van der Waals surface area contributed by atoms with Crippen LogP contribution in [0.5, 0.6) is 0 Å². The molecule has 3 N–H and O–H groups in total. The van der Waals surface area contributed by atoms with Gasteiger partial charge in [-0.3, -0.25) is 4.79 Å². The minimum Gasteiger partial charge on any atom is -0.354 e. The van der Waals surface area contributed by atoms with Crippen molar-refractivity contribution in [2.45, 2.75) is 77.2 Å². The van der Waals surface area contributed by atoms with Gasteiger partial charge in [0.2, 0.25) is 5.91 Å². The molecule has 2 atom stereocenters. The van der Waals surface area contributed by atoms with Crippen LogP contribution in [0.1, 0.15) is 71.6 Å². The van der Waals surface area contributed by atoms with E-state index in [0.29, 0.717) is 23.3 Å². The SMILES string of the molecule is CC12CC3CC(C)(C1)CC(C(=O)NCC1(N)CCC1)(C3)C2. The Labute approximate surface area is 128 Å². The first kappa shape index (κ1) is 14.0. The summed E-state index contributed by atoms with van der Waals surface area (Å²) in [7, 11) is 0. The number of nitrogens with two attached hydrogens (primary N) is 1. The van der Waals surface area contributed by atoms with E-state index < -0.39 is 0 Å². The molecule has 0 aliphatic heterocycles. The van der Waals surface area contributed by atoms with E-state index in [-0.39, 0.29) is 11.0 Å². The Morgan fingerprint density at radius 1 is 1.10 bits per heavy atom. The molecule has 4 bridgehead atoms. The molecule has 0 radical (unpaired) electrons. The summed E-state index contributed by atoms with van der Waals surface area (Å²) in [6, 6.07) is 0. The van der Waals surface area contributed by atoms with Gasteiger partial charge in [-0.15, -0.1) is 0 Å². The molecule has 1 amide bonds. The quantitative estimate of drug-likeness (QED) is 0.839. The normalized spacial score (nSPS) is 49.8. The van der Waals surface area contributed by atoms with Crippen molar-refractivity contribution in [2.24, 2.45) is 27.9 Å². The Hall–Kier alpha value is -0.570. The van der Waals surface area contributed by atoms with Crippen molar-refractivity contribution in [1.82, 2.24) is 5.32 Å². The Kier molecular flexibility index (Phi) is 2.70. The zero-order valence-electron chi connectivity index (χ0n) is 13.6. The summed E-state index contributed by atoms with van der Waals surface area (Å²) < 4.78 is 0. The van der Waals surface area contributed by atoms with Gasteiger partial charge in [0.05, 0.1) is 5.41 Å². The molecule has 118 valence electrons. The van der Waals surface area contributed by atoms with Gasteiger partial charge in [0.1, 0.15) is 0 Å². The second-order valence-electron chi connectivity index (χ2n) is 9.81. The summed E-state index contributed by atoms with van der Waals surface area (Å²) in [5, 5.41) is 3.25. The second kappa shape index (κ2) is 4.04. The standard InChI is InChI=1S/C18H30N2O/c1-15-6-13-7-16(2,9-15)11-17(8-13,10-15)14(21)20-12-18(19)4-3-5-18/h13H,3-12,19H2,1-2H3,(H,20,21). The fourth-order valence-corrected chi connectivity index (χ4v) is 6.95. The number of amides is 1. The predicted octanol–water partition coefficient (Wildman–Crippen LogP) is 2.98. The molecule has 0 aromatic heterocycles. The molecule has 21 heavy (non-hydrogen) atoms. The molecule has 5 fully saturated rings. The van der Waals surface area contributed by atoms with E-state index in [0.717, 1.165) is 38.0 Å². The number of carbonyl (C=O) groups is 1. The Balaban J connectivity index is 1.52. The van der Waals surface area contributed by atoms with Crippen LogP contribution in [0.25, 0.3) is 0 Å². The van der Waals surface area contributed by atoms with Crippen LogP contribution in [-0.2, 0) is 4.79 Å². The molecule has 5 aliphatic carbocycles. The lowest BCUT2D eigenvalue weighted by Gasteiger charge is -2.64. The van der Waals surface area contributed by atoms with Crippen molar-refractivity contribution < 1.29 is 4.79 Å². The van der Waals surface area contributed by atoms with Crippen LogP contribution in [0.2, 0.25) is 0 Å². The Morgan fingerprint density at radius 3 is 2.19 bits per heavy atom. The third-order valence-electron chi connectivity index (χ3n) is 7.06. The predicted molar refractivity (Wildman–Crippen MR) is 83.6 cm³/mol. The zero-order chi connectivity index (χ0) is 14.9. The number of hydrogen-bond acceptors (Lipinski definition) is 2. The first-order chi connectivity index (χ1) is 9.74. The van der Waals surface area contributed by atoms with E-state index in [1.165, 1.54) is 25.7 Å². The molecule has 3 nitrogen and oxygen atoms in total. The fraction of sp³-hybridized carbons (Fsp3) is 0.944. The lowest BCUT2D eigenvalue weighted by atomic mass is 9.40.